The number of halogens is 2. The zero-order valence-electron chi connectivity index (χ0n) is 15.5. The molecule has 1 aliphatic carbocycles. The number of carbonyl (C=O) groups is 1. The van der Waals surface area contributed by atoms with Gasteiger partial charge in [0.05, 0.1) is 19.3 Å². The molecule has 0 aromatic carbocycles. The molecule has 3 aliphatic rings. The summed E-state index contributed by atoms with van der Waals surface area (Å²) in [7, 11) is 0. The van der Waals surface area contributed by atoms with Crippen LogP contribution in [0.2, 0.25) is 0 Å². The monoisotopic (exact) mass is 397 g/mol. The van der Waals surface area contributed by atoms with Gasteiger partial charge in [0.1, 0.15) is 5.54 Å². The molecule has 148 valence electrons. The van der Waals surface area contributed by atoms with Crippen LogP contribution in [0.4, 0.5) is 0 Å². The van der Waals surface area contributed by atoms with E-state index in [0.717, 1.165) is 45.8 Å². The summed E-state index contributed by atoms with van der Waals surface area (Å²) in [6.07, 6.45) is 1.75. The van der Waals surface area contributed by atoms with Gasteiger partial charge in [-0.3, -0.25) is 9.69 Å². The Hall–Kier alpha value is -0.110. The van der Waals surface area contributed by atoms with Gasteiger partial charge in [-0.15, -0.1) is 24.8 Å². The van der Waals surface area contributed by atoms with Crippen LogP contribution in [0.1, 0.15) is 33.6 Å². The molecule has 3 atom stereocenters. The van der Waals surface area contributed by atoms with E-state index in [0.29, 0.717) is 19.1 Å². The van der Waals surface area contributed by atoms with E-state index in [2.05, 4.69) is 18.7 Å². The van der Waals surface area contributed by atoms with Crippen LogP contribution in [0.25, 0.3) is 0 Å². The quantitative estimate of drug-likeness (QED) is 0.773. The van der Waals surface area contributed by atoms with Gasteiger partial charge < -0.3 is 20.1 Å². The molecule has 1 amide bonds. The van der Waals surface area contributed by atoms with Crippen molar-refractivity contribution in [2.45, 2.75) is 51.3 Å². The lowest BCUT2D eigenvalue weighted by Crippen LogP contribution is -2.76. The van der Waals surface area contributed by atoms with Gasteiger partial charge >= 0.3 is 0 Å². The number of hydrogen-bond acceptors (Lipinski definition) is 5. The largest absolute Gasteiger partial charge is 0.379 e. The van der Waals surface area contributed by atoms with Crippen molar-refractivity contribution in [3.05, 3.63) is 0 Å². The maximum absolute atomic E-state index is 13.0. The van der Waals surface area contributed by atoms with Crippen LogP contribution in [-0.4, -0.2) is 79.4 Å². The van der Waals surface area contributed by atoms with Crippen LogP contribution in [-0.2, 0) is 14.3 Å². The number of hydrogen-bond donors (Lipinski definition) is 1. The third-order valence-electron chi connectivity index (χ3n) is 6.22. The van der Waals surface area contributed by atoms with Crippen molar-refractivity contribution in [2.24, 2.45) is 11.1 Å². The van der Waals surface area contributed by atoms with E-state index in [1.807, 2.05) is 11.8 Å². The Balaban J connectivity index is 0.00000156. The molecule has 3 rings (SSSR count). The van der Waals surface area contributed by atoms with Crippen molar-refractivity contribution in [3.63, 3.8) is 0 Å². The fraction of sp³-hybridized carbons (Fsp3) is 0.941. The summed E-state index contributed by atoms with van der Waals surface area (Å²) < 4.78 is 11.2. The summed E-state index contributed by atoms with van der Waals surface area (Å²) in [6, 6.07) is 0.456. The molecule has 3 unspecified atom stereocenters. The summed E-state index contributed by atoms with van der Waals surface area (Å²) in [5, 5.41) is 0. The second-order valence-electron chi connectivity index (χ2n) is 7.68. The highest BCUT2D eigenvalue weighted by atomic mass is 35.5. The number of carbonyl (C=O) groups excluding carboxylic acids is 1. The molecule has 1 saturated carbocycles. The van der Waals surface area contributed by atoms with E-state index in [-0.39, 0.29) is 42.2 Å². The minimum absolute atomic E-state index is 0. The lowest BCUT2D eigenvalue weighted by Gasteiger charge is -2.58. The zero-order chi connectivity index (χ0) is 16.7. The number of rotatable bonds is 4. The second-order valence-corrected chi connectivity index (χ2v) is 7.68. The van der Waals surface area contributed by atoms with E-state index in [9.17, 15) is 4.79 Å². The lowest BCUT2D eigenvalue weighted by molar-refractivity contribution is -0.178. The van der Waals surface area contributed by atoms with Crippen molar-refractivity contribution in [1.82, 2.24) is 9.80 Å². The van der Waals surface area contributed by atoms with E-state index in [4.69, 9.17) is 15.2 Å². The van der Waals surface area contributed by atoms with Gasteiger partial charge in [0, 0.05) is 50.7 Å². The molecule has 0 aromatic rings. The predicted octanol–water partition coefficient (Wildman–Crippen LogP) is 1.30. The summed E-state index contributed by atoms with van der Waals surface area (Å²) in [5.41, 5.74) is 5.45. The molecule has 2 heterocycles. The van der Waals surface area contributed by atoms with Gasteiger partial charge in [0.25, 0.3) is 0 Å². The molecule has 2 aliphatic heterocycles. The number of amides is 1. The molecular weight excluding hydrogens is 365 g/mol. The summed E-state index contributed by atoms with van der Waals surface area (Å²) in [5.74, 6) is 0.106. The fourth-order valence-corrected chi connectivity index (χ4v) is 4.25. The van der Waals surface area contributed by atoms with E-state index >= 15 is 0 Å². The Morgan fingerprint density at radius 2 is 1.88 bits per heavy atom. The highest BCUT2D eigenvalue weighted by molar-refractivity contribution is 5.89. The first kappa shape index (κ1) is 22.9. The van der Waals surface area contributed by atoms with E-state index < -0.39 is 5.54 Å². The Labute approximate surface area is 163 Å². The first-order valence-electron chi connectivity index (χ1n) is 8.92. The maximum Gasteiger partial charge on any atom is 0.243 e. The topological polar surface area (TPSA) is 68.0 Å². The highest BCUT2D eigenvalue weighted by Gasteiger charge is 2.64. The van der Waals surface area contributed by atoms with E-state index in [1.54, 1.807) is 0 Å². The SMILES string of the molecule is CCOC1CC(N)(C(=O)N2CCC(N3CCOCC3)C2)C1(C)C.Cl.Cl. The van der Waals surface area contributed by atoms with Crippen LogP contribution in [0.15, 0.2) is 0 Å². The van der Waals surface area contributed by atoms with E-state index in [1.165, 1.54) is 0 Å². The standard InChI is InChI=1S/C17H31N3O3.2ClH/c1-4-23-14-11-17(18,16(14,2)3)15(21)20-6-5-13(12-20)19-7-9-22-10-8-19;;/h13-14H,4-12,18H2,1-3H3;2*1H. The molecule has 2 saturated heterocycles. The van der Waals surface area contributed by atoms with Crippen LogP contribution < -0.4 is 5.73 Å². The molecular formula is C17H33Cl2N3O3. The van der Waals surface area contributed by atoms with Crippen molar-refractivity contribution in [1.29, 1.82) is 0 Å². The smallest absolute Gasteiger partial charge is 0.243 e. The molecule has 2 N–H and O–H groups in total. The van der Waals surface area contributed by atoms with Gasteiger partial charge in [0.15, 0.2) is 0 Å². The third kappa shape index (κ3) is 3.94. The fourth-order valence-electron chi connectivity index (χ4n) is 4.25. The summed E-state index contributed by atoms with van der Waals surface area (Å²) >= 11 is 0. The first-order chi connectivity index (χ1) is 10.9. The van der Waals surface area contributed by atoms with Gasteiger partial charge in [-0.25, -0.2) is 0 Å². The van der Waals surface area contributed by atoms with Gasteiger partial charge in [-0.2, -0.15) is 0 Å². The first-order valence-corrected chi connectivity index (χ1v) is 8.92. The van der Waals surface area contributed by atoms with Gasteiger partial charge in [-0.1, -0.05) is 13.8 Å². The molecule has 0 spiro atoms. The number of ether oxygens (including phenoxy) is 2. The lowest BCUT2D eigenvalue weighted by atomic mass is 9.54. The Kier molecular flexibility index (Phi) is 8.00. The molecule has 0 bridgehead atoms. The molecule has 3 fully saturated rings. The average Bonchev–Trinajstić information content (AvgIpc) is 3.04. The van der Waals surface area contributed by atoms with Gasteiger partial charge in [0.2, 0.25) is 5.91 Å². The Morgan fingerprint density at radius 3 is 2.44 bits per heavy atom. The minimum atomic E-state index is -0.785. The minimum Gasteiger partial charge on any atom is -0.379 e. The zero-order valence-corrected chi connectivity index (χ0v) is 17.2. The Morgan fingerprint density at radius 1 is 1.24 bits per heavy atom. The third-order valence-corrected chi connectivity index (χ3v) is 6.22. The molecule has 0 radical (unpaired) electrons. The number of likely N-dealkylation sites (tertiary alicyclic amines) is 1. The Bertz CT molecular complexity index is 460. The van der Waals surface area contributed by atoms with Crippen LogP contribution in [0, 0.1) is 5.41 Å². The molecule has 8 heteroatoms. The van der Waals surface area contributed by atoms with Crippen molar-refractivity contribution in [2.75, 3.05) is 46.0 Å². The molecule has 0 aromatic heterocycles. The van der Waals surface area contributed by atoms with Crippen LogP contribution >= 0.6 is 24.8 Å². The summed E-state index contributed by atoms with van der Waals surface area (Å²) in [4.78, 5) is 17.5. The summed E-state index contributed by atoms with van der Waals surface area (Å²) in [6.45, 7) is 11.9. The van der Waals surface area contributed by atoms with Crippen LogP contribution in [0.3, 0.4) is 0 Å². The maximum atomic E-state index is 13.0. The van der Waals surface area contributed by atoms with Gasteiger partial charge in [-0.05, 0) is 13.3 Å². The number of morpholine rings is 1. The van der Waals surface area contributed by atoms with Crippen LogP contribution in [0.5, 0.6) is 0 Å². The molecule has 6 nitrogen and oxygen atoms in total. The van der Waals surface area contributed by atoms with Crippen molar-refractivity contribution >= 4 is 30.7 Å². The van der Waals surface area contributed by atoms with Crippen molar-refractivity contribution in [3.8, 4) is 0 Å². The number of nitrogens with two attached hydrogens (primary N) is 1. The number of nitrogens with zero attached hydrogens (tertiary/aromatic N) is 2. The van der Waals surface area contributed by atoms with Crippen molar-refractivity contribution < 1.29 is 14.3 Å². The normalized spacial score (nSPS) is 34.6. The highest BCUT2D eigenvalue weighted by Crippen LogP contribution is 2.50. The predicted molar refractivity (Wildman–Crippen MR) is 103 cm³/mol. The second kappa shape index (κ2) is 8.72. The molecule has 25 heavy (non-hydrogen) atoms. The average molecular weight is 398 g/mol.